The Labute approximate surface area is 121 Å². The minimum absolute atomic E-state index is 0.657. The smallest absolute Gasteiger partial charge is 0.128 e. The Kier molecular flexibility index (Phi) is 3.88. The molecule has 0 radical (unpaired) electrons. The number of nitrogens with zero attached hydrogens (tertiary/aromatic N) is 4. The van der Waals surface area contributed by atoms with Crippen molar-refractivity contribution in [1.29, 1.82) is 0 Å². The Morgan fingerprint density at radius 1 is 1.59 bits per heavy atom. The fourth-order valence-electron chi connectivity index (χ4n) is 1.60. The lowest BCUT2D eigenvalue weighted by Gasteiger charge is -2.07. The van der Waals surface area contributed by atoms with Gasteiger partial charge in [-0.2, -0.15) is 10.2 Å². The first-order valence-electron chi connectivity index (χ1n) is 5.13. The van der Waals surface area contributed by atoms with E-state index in [9.17, 15) is 5.11 Å². The van der Waals surface area contributed by atoms with Crippen LogP contribution in [-0.4, -0.2) is 24.7 Å². The SMILES string of the molecule is CCn1ncc(C(O)c2nn(C)cc2I)c1Br. The molecule has 2 aromatic heterocycles. The monoisotopic (exact) mass is 410 g/mol. The van der Waals surface area contributed by atoms with Gasteiger partial charge in [0.25, 0.3) is 0 Å². The molecule has 0 spiro atoms. The topological polar surface area (TPSA) is 55.9 Å². The fourth-order valence-corrected chi connectivity index (χ4v) is 3.07. The van der Waals surface area contributed by atoms with E-state index in [-0.39, 0.29) is 0 Å². The third-order valence-corrected chi connectivity index (χ3v) is 4.16. The number of aryl methyl sites for hydroxylation is 2. The fraction of sp³-hybridized carbons (Fsp3) is 0.400. The van der Waals surface area contributed by atoms with Crippen molar-refractivity contribution >= 4 is 38.5 Å². The van der Waals surface area contributed by atoms with Gasteiger partial charge in [-0.05, 0) is 45.4 Å². The van der Waals surface area contributed by atoms with E-state index >= 15 is 0 Å². The standard InChI is InChI=1S/C10H12BrIN4O/c1-3-16-10(11)6(4-13-16)9(17)8-7(12)5-15(2)14-8/h4-5,9,17H,3H2,1-2H3. The molecule has 17 heavy (non-hydrogen) atoms. The Balaban J connectivity index is 2.40. The van der Waals surface area contributed by atoms with Gasteiger partial charge < -0.3 is 5.11 Å². The van der Waals surface area contributed by atoms with Crippen LogP contribution in [0.2, 0.25) is 0 Å². The molecular weight excluding hydrogens is 399 g/mol. The summed E-state index contributed by atoms with van der Waals surface area (Å²) < 4.78 is 5.22. The number of aromatic nitrogens is 4. The molecule has 0 amide bonds. The number of aliphatic hydroxyl groups excluding tert-OH is 1. The molecule has 0 aliphatic carbocycles. The summed E-state index contributed by atoms with van der Waals surface area (Å²) >= 11 is 5.61. The Morgan fingerprint density at radius 2 is 2.29 bits per heavy atom. The molecule has 0 saturated heterocycles. The number of halogens is 2. The van der Waals surface area contributed by atoms with Crippen molar-refractivity contribution < 1.29 is 5.11 Å². The average molecular weight is 411 g/mol. The first-order valence-corrected chi connectivity index (χ1v) is 7.00. The van der Waals surface area contributed by atoms with Gasteiger partial charge in [-0.1, -0.05) is 0 Å². The van der Waals surface area contributed by atoms with E-state index in [1.54, 1.807) is 15.6 Å². The Morgan fingerprint density at radius 3 is 2.76 bits per heavy atom. The average Bonchev–Trinajstić information content (AvgIpc) is 2.81. The van der Waals surface area contributed by atoms with Crippen molar-refractivity contribution in [3.63, 3.8) is 0 Å². The molecule has 0 saturated carbocycles. The van der Waals surface area contributed by atoms with E-state index in [4.69, 9.17) is 0 Å². The van der Waals surface area contributed by atoms with Crippen molar-refractivity contribution in [3.05, 3.63) is 31.8 Å². The molecule has 0 fully saturated rings. The van der Waals surface area contributed by atoms with E-state index < -0.39 is 6.10 Å². The van der Waals surface area contributed by atoms with Gasteiger partial charge in [0.2, 0.25) is 0 Å². The Hall–Kier alpha value is -0.410. The van der Waals surface area contributed by atoms with E-state index in [2.05, 4.69) is 48.7 Å². The highest BCUT2D eigenvalue weighted by molar-refractivity contribution is 14.1. The van der Waals surface area contributed by atoms with Gasteiger partial charge in [-0.3, -0.25) is 9.36 Å². The van der Waals surface area contributed by atoms with Crippen LogP contribution in [0.25, 0.3) is 0 Å². The van der Waals surface area contributed by atoms with Gasteiger partial charge in [-0.15, -0.1) is 0 Å². The number of hydrogen-bond donors (Lipinski definition) is 1. The van der Waals surface area contributed by atoms with Gasteiger partial charge in [0.1, 0.15) is 16.4 Å². The maximum atomic E-state index is 10.3. The van der Waals surface area contributed by atoms with Crippen LogP contribution in [0.15, 0.2) is 17.0 Å². The highest BCUT2D eigenvalue weighted by Gasteiger charge is 2.22. The summed E-state index contributed by atoms with van der Waals surface area (Å²) in [6, 6.07) is 0. The Bertz CT molecular complexity index is 536. The summed E-state index contributed by atoms with van der Waals surface area (Å²) in [5, 5.41) is 18.8. The van der Waals surface area contributed by atoms with Crippen molar-refractivity contribution in [3.8, 4) is 0 Å². The lowest BCUT2D eigenvalue weighted by atomic mass is 10.1. The van der Waals surface area contributed by atoms with E-state index in [1.165, 1.54) is 0 Å². The van der Waals surface area contributed by atoms with Crippen molar-refractivity contribution in [2.45, 2.75) is 19.6 Å². The molecule has 0 aromatic carbocycles. The zero-order chi connectivity index (χ0) is 12.6. The second-order valence-corrected chi connectivity index (χ2v) is 5.56. The highest BCUT2D eigenvalue weighted by Crippen LogP contribution is 2.29. The van der Waals surface area contributed by atoms with Crippen LogP contribution >= 0.6 is 38.5 Å². The molecule has 2 aromatic rings. The van der Waals surface area contributed by atoms with Crippen LogP contribution in [0.1, 0.15) is 24.3 Å². The third kappa shape index (κ3) is 2.41. The van der Waals surface area contributed by atoms with E-state index in [0.29, 0.717) is 5.69 Å². The summed E-state index contributed by atoms with van der Waals surface area (Å²) in [5.74, 6) is 0. The van der Waals surface area contributed by atoms with Crippen molar-refractivity contribution in [2.75, 3.05) is 0 Å². The minimum atomic E-state index is -0.752. The predicted octanol–water partition coefficient (Wildman–Crippen LogP) is 2.09. The number of hydrogen-bond acceptors (Lipinski definition) is 3. The molecule has 0 aliphatic heterocycles. The maximum Gasteiger partial charge on any atom is 0.128 e. The van der Waals surface area contributed by atoms with Gasteiger partial charge in [0, 0.05) is 25.4 Å². The van der Waals surface area contributed by atoms with Gasteiger partial charge in [0.15, 0.2) is 0 Å². The second kappa shape index (κ2) is 5.07. The molecule has 2 heterocycles. The normalized spacial score (nSPS) is 13.0. The molecule has 0 bridgehead atoms. The number of rotatable bonds is 3. The van der Waals surface area contributed by atoms with Gasteiger partial charge in [-0.25, -0.2) is 0 Å². The summed E-state index contributed by atoms with van der Waals surface area (Å²) in [6.07, 6.45) is 2.79. The molecule has 1 unspecified atom stereocenters. The van der Waals surface area contributed by atoms with Gasteiger partial charge in [0.05, 0.1) is 9.77 Å². The van der Waals surface area contributed by atoms with E-state index in [0.717, 1.165) is 20.3 Å². The van der Waals surface area contributed by atoms with Crippen LogP contribution in [0.4, 0.5) is 0 Å². The van der Waals surface area contributed by atoms with Crippen LogP contribution < -0.4 is 0 Å². The van der Waals surface area contributed by atoms with Crippen molar-refractivity contribution in [2.24, 2.45) is 7.05 Å². The van der Waals surface area contributed by atoms with Crippen LogP contribution in [0, 0.1) is 3.57 Å². The molecule has 7 heteroatoms. The van der Waals surface area contributed by atoms with Crippen LogP contribution in [0.3, 0.4) is 0 Å². The summed E-state index contributed by atoms with van der Waals surface area (Å²) in [4.78, 5) is 0. The van der Waals surface area contributed by atoms with Crippen LogP contribution in [-0.2, 0) is 13.6 Å². The van der Waals surface area contributed by atoms with Crippen molar-refractivity contribution in [1.82, 2.24) is 19.6 Å². The summed E-state index contributed by atoms with van der Waals surface area (Å²) in [5.41, 5.74) is 1.40. The molecule has 1 atom stereocenters. The molecule has 5 nitrogen and oxygen atoms in total. The van der Waals surface area contributed by atoms with Gasteiger partial charge >= 0.3 is 0 Å². The maximum absolute atomic E-state index is 10.3. The summed E-state index contributed by atoms with van der Waals surface area (Å²) in [7, 11) is 1.84. The molecule has 2 rings (SSSR count). The van der Waals surface area contributed by atoms with E-state index in [1.807, 2.05) is 20.2 Å². The zero-order valence-corrected chi connectivity index (χ0v) is 13.2. The highest BCUT2D eigenvalue weighted by atomic mass is 127. The zero-order valence-electron chi connectivity index (χ0n) is 9.43. The molecular formula is C10H12BrIN4O. The first kappa shape index (κ1) is 13.0. The predicted molar refractivity (Wildman–Crippen MR) is 75.6 cm³/mol. The molecule has 1 N–H and O–H groups in total. The largest absolute Gasteiger partial charge is 0.382 e. The summed E-state index contributed by atoms with van der Waals surface area (Å²) in [6.45, 7) is 2.76. The lowest BCUT2D eigenvalue weighted by Crippen LogP contribution is -2.04. The quantitative estimate of drug-likeness (QED) is 0.788. The number of aliphatic hydroxyl groups is 1. The molecule has 92 valence electrons. The third-order valence-electron chi connectivity index (χ3n) is 2.46. The minimum Gasteiger partial charge on any atom is -0.382 e. The molecule has 0 aliphatic rings. The second-order valence-electron chi connectivity index (χ2n) is 3.64. The van der Waals surface area contributed by atoms with Crippen LogP contribution in [0.5, 0.6) is 0 Å². The lowest BCUT2D eigenvalue weighted by molar-refractivity contribution is 0.212. The first-order chi connectivity index (χ1) is 8.04.